The van der Waals surface area contributed by atoms with Crippen molar-refractivity contribution in [3.8, 4) is 0 Å². The average molecular weight is 388 g/mol. The summed E-state index contributed by atoms with van der Waals surface area (Å²) in [5.74, 6) is -3.61. The first kappa shape index (κ1) is 20.9. The Hall–Kier alpha value is -2.38. The lowest BCUT2D eigenvalue weighted by Crippen LogP contribution is -2.66. The zero-order valence-electron chi connectivity index (χ0n) is 14.2. The Morgan fingerprint density at radius 1 is 1.30 bits per heavy atom. The number of aliphatic hydroxyl groups is 3. The maximum Gasteiger partial charge on any atom is 0.332 e. The molecule has 0 bridgehead atoms. The topological polar surface area (TPSA) is 183 Å². The summed E-state index contributed by atoms with van der Waals surface area (Å²) in [5, 5.41) is 40.8. The summed E-state index contributed by atoms with van der Waals surface area (Å²) in [5.41, 5.74) is 0. The van der Waals surface area contributed by atoms with Gasteiger partial charge < -0.3 is 35.2 Å². The third kappa shape index (κ3) is 4.67. The largest absolute Gasteiger partial charge is 0.479 e. The highest BCUT2D eigenvalue weighted by Crippen LogP contribution is 2.23. The Labute approximate surface area is 153 Å². The molecule has 5 N–H and O–H groups in total. The van der Waals surface area contributed by atoms with E-state index in [4.69, 9.17) is 14.6 Å². The van der Waals surface area contributed by atoms with Crippen LogP contribution in [0.4, 0.5) is 0 Å². The van der Waals surface area contributed by atoms with Gasteiger partial charge in [0.15, 0.2) is 12.4 Å². The summed E-state index contributed by atoms with van der Waals surface area (Å²) >= 11 is 0. The van der Waals surface area contributed by atoms with Crippen LogP contribution in [0.2, 0.25) is 0 Å². The minimum Gasteiger partial charge on any atom is -0.479 e. The predicted octanol–water partition coefficient (Wildman–Crippen LogP) is -3.68. The third-order valence-electron chi connectivity index (χ3n) is 4.11. The van der Waals surface area contributed by atoms with Crippen molar-refractivity contribution >= 4 is 23.7 Å². The number of carbonyl (C=O) groups excluding carboxylic acids is 3. The number of ether oxygens (including phenoxy) is 2. The number of hydrogen-bond donors (Lipinski definition) is 5. The fraction of sp³-hybridized carbons (Fsp3) is 0.600. The van der Waals surface area contributed by atoms with Crippen LogP contribution in [0, 0.1) is 0 Å². The number of aliphatic carboxylic acids is 1. The van der Waals surface area contributed by atoms with E-state index in [0.29, 0.717) is 4.90 Å². The summed E-state index contributed by atoms with van der Waals surface area (Å²) in [6.07, 6.45) is -5.45. The van der Waals surface area contributed by atoms with Crippen LogP contribution >= 0.6 is 0 Å². The summed E-state index contributed by atoms with van der Waals surface area (Å²) in [4.78, 5) is 46.8. The average Bonchev–Trinajstić information content (AvgIpc) is 2.92. The Kier molecular flexibility index (Phi) is 6.62. The maximum atomic E-state index is 12.2. The van der Waals surface area contributed by atoms with Crippen molar-refractivity contribution in [2.45, 2.75) is 43.7 Å². The van der Waals surface area contributed by atoms with Crippen molar-refractivity contribution in [1.29, 1.82) is 0 Å². The summed E-state index contributed by atoms with van der Waals surface area (Å²) in [6.45, 7) is -0.172. The van der Waals surface area contributed by atoms with E-state index in [1.165, 1.54) is 6.92 Å². The van der Waals surface area contributed by atoms with E-state index in [1.54, 1.807) is 0 Å². The minimum atomic E-state index is -1.75. The van der Waals surface area contributed by atoms with E-state index in [0.717, 1.165) is 12.2 Å². The van der Waals surface area contributed by atoms with Gasteiger partial charge in [-0.3, -0.25) is 19.3 Å². The first-order chi connectivity index (χ1) is 12.6. The standard InChI is InChI=1S/C15H20N2O10/c1-6(14(23)24)26-13-11(15(25)27-7(5-18)12(13)22)16-8(19)4-17-9(20)2-3-10(17)21/h2-3,6-7,11-13,15,18,22,25H,4-5H2,1H3,(H,16,19)(H,23,24). The first-order valence-electron chi connectivity index (χ1n) is 7.99. The molecule has 0 aliphatic carbocycles. The normalized spacial score (nSPS) is 31.9. The molecule has 6 atom stereocenters. The second kappa shape index (κ2) is 8.54. The molecule has 0 aromatic rings. The lowest BCUT2D eigenvalue weighted by atomic mass is 9.96. The van der Waals surface area contributed by atoms with Crippen molar-refractivity contribution in [2.24, 2.45) is 0 Å². The van der Waals surface area contributed by atoms with Crippen LogP contribution < -0.4 is 5.32 Å². The number of nitrogens with one attached hydrogen (secondary N) is 1. The molecule has 6 unspecified atom stereocenters. The molecule has 12 nitrogen and oxygen atoms in total. The fourth-order valence-electron chi connectivity index (χ4n) is 2.66. The number of rotatable bonds is 7. The van der Waals surface area contributed by atoms with E-state index < -0.39 is 73.6 Å². The van der Waals surface area contributed by atoms with Gasteiger partial charge in [0.25, 0.3) is 11.8 Å². The van der Waals surface area contributed by atoms with Gasteiger partial charge in [0, 0.05) is 12.2 Å². The van der Waals surface area contributed by atoms with Gasteiger partial charge in [-0.2, -0.15) is 0 Å². The molecular weight excluding hydrogens is 368 g/mol. The molecule has 3 amide bonds. The molecule has 0 spiro atoms. The minimum absolute atomic E-state index is 0.647. The second-order valence-electron chi connectivity index (χ2n) is 6.01. The van der Waals surface area contributed by atoms with Gasteiger partial charge in [-0.25, -0.2) is 4.79 Å². The lowest BCUT2D eigenvalue weighted by Gasteiger charge is -2.43. The quantitative estimate of drug-likeness (QED) is 0.272. The Balaban J connectivity index is 2.12. The van der Waals surface area contributed by atoms with Crippen LogP contribution in [-0.2, 0) is 28.7 Å². The van der Waals surface area contributed by atoms with E-state index in [9.17, 15) is 34.5 Å². The van der Waals surface area contributed by atoms with E-state index >= 15 is 0 Å². The molecular formula is C15H20N2O10. The SMILES string of the molecule is CC(OC1C(O)C(CO)OC(O)C1NC(=O)CN1C(=O)C=CC1=O)C(=O)O. The smallest absolute Gasteiger partial charge is 0.332 e. The van der Waals surface area contributed by atoms with Gasteiger partial charge in [0.1, 0.15) is 30.9 Å². The third-order valence-corrected chi connectivity index (χ3v) is 4.11. The second-order valence-corrected chi connectivity index (χ2v) is 6.01. The molecule has 0 saturated carbocycles. The van der Waals surface area contributed by atoms with Crippen LogP contribution in [-0.4, -0.2) is 98.9 Å². The van der Waals surface area contributed by atoms with Crippen LogP contribution in [0.3, 0.4) is 0 Å². The molecule has 2 heterocycles. The van der Waals surface area contributed by atoms with Crippen molar-refractivity contribution in [3.63, 3.8) is 0 Å². The highest BCUT2D eigenvalue weighted by Gasteiger charge is 2.47. The van der Waals surface area contributed by atoms with Gasteiger partial charge in [-0.05, 0) is 6.92 Å². The molecule has 2 aliphatic rings. The number of carbonyl (C=O) groups is 4. The predicted molar refractivity (Wildman–Crippen MR) is 83.7 cm³/mol. The lowest BCUT2D eigenvalue weighted by molar-refractivity contribution is -0.267. The first-order valence-corrected chi connectivity index (χ1v) is 7.99. The molecule has 27 heavy (non-hydrogen) atoms. The van der Waals surface area contributed by atoms with Gasteiger partial charge in [-0.15, -0.1) is 0 Å². The van der Waals surface area contributed by atoms with Crippen molar-refractivity contribution < 1.29 is 49.1 Å². The van der Waals surface area contributed by atoms with Crippen LogP contribution in [0.1, 0.15) is 6.92 Å². The number of carboxylic acid groups (broad SMARTS) is 1. The highest BCUT2D eigenvalue weighted by atomic mass is 16.6. The molecule has 2 aliphatic heterocycles. The number of carboxylic acids is 1. The number of aliphatic hydroxyl groups excluding tert-OH is 3. The Morgan fingerprint density at radius 3 is 2.41 bits per heavy atom. The number of hydrogen-bond acceptors (Lipinski definition) is 9. The molecule has 1 saturated heterocycles. The van der Waals surface area contributed by atoms with Gasteiger partial charge >= 0.3 is 5.97 Å². The van der Waals surface area contributed by atoms with Gasteiger partial charge in [0.2, 0.25) is 5.91 Å². The van der Waals surface area contributed by atoms with Crippen LogP contribution in [0.5, 0.6) is 0 Å². The molecule has 0 radical (unpaired) electrons. The Bertz CT molecular complexity index is 633. The van der Waals surface area contributed by atoms with Gasteiger partial charge in [-0.1, -0.05) is 0 Å². The van der Waals surface area contributed by atoms with Crippen LogP contribution in [0.25, 0.3) is 0 Å². The van der Waals surface area contributed by atoms with Crippen molar-refractivity contribution in [3.05, 3.63) is 12.2 Å². The summed E-state index contributed by atoms with van der Waals surface area (Å²) in [6, 6.07) is -1.42. The molecule has 0 aromatic heterocycles. The maximum absolute atomic E-state index is 12.2. The molecule has 150 valence electrons. The number of amides is 3. The monoisotopic (exact) mass is 388 g/mol. The van der Waals surface area contributed by atoms with Gasteiger partial charge in [0.05, 0.1) is 6.61 Å². The molecule has 12 heteroatoms. The van der Waals surface area contributed by atoms with E-state index in [-0.39, 0.29) is 0 Å². The summed E-state index contributed by atoms with van der Waals surface area (Å²) < 4.78 is 10.2. The zero-order chi connectivity index (χ0) is 20.3. The Morgan fingerprint density at radius 2 is 1.89 bits per heavy atom. The molecule has 1 fully saturated rings. The fourth-order valence-corrected chi connectivity index (χ4v) is 2.66. The highest BCUT2D eigenvalue weighted by molar-refractivity contribution is 6.14. The van der Waals surface area contributed by atoms with Crippen molar-refractivity contribution in [1.82, 2.24) is 10.2 Å². The van der Waals surface area contributed by atoms with E-state index in [1.807, 2.05) is 0 Å². The van der Waals surface area contributed by atoms with Crippen LogP contribution in [0.15, 0.2) is 12.2 Å². The molecule has 2 rings (SSSR count). The number of imide groups is 1. The van der Waals surface area contributed by atoms with Crippen molar-refractivity contribution in [2.75, 3.05) is 13.2 Å². The number of nitrogens with zero attached hydrogens (tertiary/aromatic N) is 1. The summed E-state index contributed by atoms with van der Waals surface area (Å²) in [7, 11) is 0. The molecule has 0 aromatic carbocycles. The van der Waals surface area contributed by atoms with E-state index in [2.05, 4.69) is 5.32 Å². The zero-order valence-corrected chi connectivity index (χ0v) is 14.2.